The van der Waals surface area contributed by atoms with Crippen molar-refractivity contribution in [1.29, 1.82) is 0 Å². The summed E-state index contributed by atoms with van der Waals surface area (Å²) in [6, 6.07) is 1.64. The Bertz CT molecular complexity index is 504. The highest BCUT2D eigenvalue weighted by atomic mass is 32.1. The molecule has 4 nitrogen and oxygen atoms in total. The van der Waals surface area contributed by atoms with E-state index in [-0.39, 0.29) is 22.8 Å². The second-order valence-corrected chi connectivity index (χ2v) is 6.49. The van der Waals surface area contributed by atoms with Crippen LogP contribution in [0.5, 0.6) is 0 Å². The zero-order chi connectivity index (χ0) is 13.5. The number of aromatic carboxylic acids is 1. The number of aryl methyl sites for hydroxylation is 1. The highest BCUT2D eigenvalue weighted by Crippen LogP contribution is 2.52. The van der Waals surface area contributed by atoms with E-state index >= 15 is 0 Å². The van der Waals surface area contributed by atoms with E-state index in [1.807, 2.05) is 20.8 Å². The van der Waals surface area contributed by atoms with Crippen molar-refractivity contribution in [3.63, 3.8) is 0 Å². The number of nitrogens with one attached hydrogen (secondary N) is 1. The lowest BCUT2D eigenvalue weighted by molar-refractivity contribution is -0.117. The van der Waals surface area contributed by atoms with Crippen molar-refractivity contribution in [3.8, 4) is 0 Å². The molecule has 1 aromatic rings. The topological polar surface area (TPSA) is 66.4 Å². The Kier molecular flexibility index (Phi) is 3.19. The molecule has 1 fully saturated rings. The molecule has 0 spiro atoms. The SMILES string of the molecule is CCc1cc(C(=O)O)c(NC(=O)C2CC2(C)C)s1. The minimum atomic E-state index is -0.990. The molecule has 98 valence electrons. The van der Waals surface area contributed by atoms with E-state index in [0.717, 1.165) is 17.7 Å². The molecule has 1 saturated carbocycles. The third kappa shape index (κ3) is 2.41. The Hall–Kier alpha value is -1.36. The van der Waals surface area contributed by atoms with Crippen molar-refractivity contribution in [2.24, 2.45) is 11.3 Å². The summed E-state index contributed by atoms with van der Waals surface area (Å²) >= 11 is 1.35. The quantitative estimate of drug-likeness (QED) is 0.881. The molecule has 1 amide bonds. The van der Waals surface area contributed by atoms with E-state index in [1.54, 1.807) is 6.07 Å². The Morgan fingerprint density at radius 3 is 2.61 bits per heavy atom. The van der Waals surface area contributed by atoms with E-state index in [1.165, 1.54) is 11.3 Å². The van der Waals surface area contributed by atoms with Gasteiger partial charge in [-0.05, 0) is 24.3 Å². The molecule has 1 atom stereocenters. The zero-order valence-corrected chi connectivity index (χ0v) is 11.6. The molecule has 0 aromatic carbocycles. The molecule has 0 aliphatic heterocycles. The first-order valence-electron chi connectivity index (χ1n) is 6.02. The van der Waals surface area contributed by atoms with Gasteiger partial charge in [-0.15, -0.1) is 11.3 Å². The number of carbonyl (C=O) groups is 2. The first-order chi connectivity index (χ1) is 8.35. The van der Waals surface area contributed by atoms with E-state index in [4.69, 9.17) is 5.11 Å². The summed E-state index contributed by atoms with van der Waals surface area (Å²) < 4.78 is 0. The van der Waals surface area contributed by atoms with Crippen LogP contribution in [0.1, 0.15) is 42.4 Å². The molecular formula is C13H17NO3S. The van der Waals surface area contributed by atoms with Crippen LogP contribution in [0.15, 0.2) is 6.07 Å². The van der Waals surface area contributed by atoms with Crippen molar-refractivity contribution in [3.05, 3.63) is 16.5 Å². The monoisotopic (exact) mass is 267 g/mol. The Balaban J connectivity index is 2.16. The second kappa shape index (κ2) is 4.39. The standard InChI is InChI=1S/C13H17NO3S/c1-4-7-5-8(12(16)17)11(18-7)14-10(15)9-6-13(9,2)3/h5,9H,4,6H2,1-3H3,(H,14,15)(H,16,17). The number of carbonyl (C=O) groups excluding carboxylic acids is 1. The van der Waals surface area contributed by atoms with Crippen molar-refractivity contribution >= 4 is 28.2 Å². The minimum Gasteiger partial charge on any atom is -0.478 e. The molecule has 1 aliphatic carbocycles. The molecule has 0 bridgehead atoms. The highest BCUT2D eigenvalue weighted by Gasteiger charge is 2.50. The maximum atomic E-state index is 12.0. The van der Waals surface area contributed by atoms with Crippen LogP contribution in [-0.4, -0.2) is 17.0 Å². The van der Waals surface area contributed by atoms with Gasteiger partial charge < -0.3 is 10.4 Å². The highest BCUT2D eigenvalue weighted by molar-refractivity contribution is 7.16. The molecule has 1 unspecified atom stereocenters. The fourth-order valence-electron chi connectivity index (χ4n) is 1.98. The lowest BCUT2D eigenvalue weighted by Gasteiger charge is -2.05. The third-order valence-corrected chi connectivity index (χ3v) is 4.62. The van der Waals surface area contributed by atoms with Gasteiger partial charge in [0.05, 0.1) is 5.56 Å². The number of thiophene rings is 1. The van der Waals surface area contributed by atoms with Crippen LogP contribution in [0.3, 0.4) is 0 Å². The zero-order valence-electron chi connectivity index (χ0n) is 10.7. The Morgan fingerprint density at radius 1 is 1.56 bits per heavy atom. The summed E-state index contributed by atoms with van der Waals surface area (Å²) in [5, 5.41) is 12.3. The number of hydrogen-bond acceptors (Lipinski definition) is 3. The van der Waals surface area contributed by atoms with Crippen LogP contribution in [0.4, 0.5) is 5.00 Å². The average Bonchev–Trinajstić information content (AvgIpc) is 2.74. The van der Waals surface area contributed by atoms with Crippen molar-refractivity contribution in [2.45, 2.75) is 33.6 Å². The number of rotatable bonds is 4. The van der Waals surface area contributed by atoms with Crippen LogP contribution in [0, 0.1) is 11.3 Å². The summed E-state index contributed by atoms with van der Waals surface area (Å²) in [7, 11) is 0. The minimum absolute atomic E-state index is 0.00585. The van der Waals surface area contributed by atoms with E-state index in [9.17, 15) is 9.59 Å². The summed E-state index contributed by atoms with van der Waals surface area (Å²) in [6.45, 7) is 6.05. The molecule has 1 aliphatic rings. The molecule has 0 saturated heterocycles. The average molecular weight is 267 g/mol. The van der Waals surface area contributed by atoms with Gasteiger partial charge in [-0.3, -0.25) is 4.79 Å². The maximum Gasteiger partial charge on any atom is 0.338 e. The van der Waals surface area contributed by atoms with Crippen LogP contribution in [0.2, 0.25) is 0 Å². The molecule has 0 radical (unpaired) electrons. The van der Waals surface area contributed by atoms with Gasteiger partial charge in [0.1, 0.15) is 5.00 Å². The number of carboxylic acids is 1. The van der Waals surface area contributed by atoms with Gasteiger partial charge in [0.15, 0.2) is 0 Å². The lowest BCUT2D eigenvalue weighted by Crippen LogP contribution is -2.17. The van der Waals surface area contributed by atoms with Crippen LogP contribution >= 0.6 is 11.3 Å². The largest absolute Gasteiger partial charge is 0.478 e. The fourth-order valence-corrected chi connectivity index (χ4v) is 2.97. The molecular weight excluding hydrogens is 250 g/mol. The predicted molar refractivity (Wildman–Crippen MR) is 71.2 cm³/mol. The molecule has 2 rings (SSSR count). The smallest absolute Gasteiger partial charge is 0.338 e. The van der Waals surface area contributed by atoms with Gasteiger partial charge in [-0.25, -0.2) is 4.79 Å². The van der Waals surface area contributed by atoms with Gasteiger partial charge in [0, 0.05) is 10.8 Å². The third-order valence-electron chi connectivity index (χ3n) is 3.43. The van der Waals surface area contributed by atoms with Crippen LogP contribution in [-0.2, 0) is 11.2 Å². The lowest BCUT2D eigenvalue weighted by atomic mass is 10.1. The molecule has 5 heteroatoms. The van der Waals surface area contributed by atoms with Crippen molar-refractivity contribution < 1.29 is 14.7 Å². The second-order valence-electron chi connectivity index (χ2n) is 5.35. The normalized spacial score (nSPS) is 20.5. The van der Waals surface area contributed by atoms with Gasteiger partial charge in [0.2, 0.25) is 5.91 Å². The summed E-state index contributed by atoms with van der Waals surface area (Å²) in [5.41, 5.74) is 0.252. The van der Waals surface area contributed by atoms with Crippen LogP contribution < -0.4 is 5.32 Å². The summed E-state index contributed by atoms with van der Waals surface area (Å²) in [6.07, 6.45) is 1.64. The van der Waals surface area contributed by atoms with Crippen LogP contribution in [0.25, 0.3) is 0 Å². The Morgan fingerprint density at radius 2 is 2.17 bits per heavy atom. The molecule has 18 heavy (non-hydrogen) atoms. The number of carboxylic acid groups (broad SMARTS) is 1. The number of hydrogen-bond donors (Lipinski definition) is 2. The van der Waals surface area contributed by atoms with Crippen molar-refractivity contribution in [2.75, 3.05) is 5.32 Å². The van der Waals surface area contributed by atoms with Gasteiger partial charge in [-0.1, -0.05) is 20.8 Å². The fraction of sp³-hybridized carbons (Fsp3) is 0.538. The summed E-state index contributed by atoms with van der Waals surface area (Å²) in [4.78, 5) is 24.0. The van der Waals surface area contributed by atoms with Gasteiger partial charge in [0.25, 0.3) is 0 Å². The van der Waals surface area contributed by atoms with E-state index in [0.29, 0.717) is 5.00 Å². The van der Waals surface area contributed by atoms with Gasteiger partial charge >= 0.3 is 5.97 Å². The number of amides is 1. The first-order valence-corrected chi connectivity index (χ1v) is 6.83. The summed E-state index contributed by atoms with van der Waals surface area (Å²) in [5.74, 6) is -1.05. The Labute approximate surface area is 110 Å². The number of anilines is 1. The first kappa shape index (κ1) is 13.1. The molecule has 1 aromatic heterocycles. The van der Waals surface area contributed by atoms with E-state index < -0.39 is 5.97 Å². The predicted octanol–water partition coefficient (Wildman–Crippen LogP) is 2.99. The molecule has 1 heterocycles. The maximum absolute atomic E-state index is 12.0. The van der Waals surface area contributed by atoms with E-state index in [2.05, 4.69) is 5.32 Å². The van der Waals surface area contributed by atoms with Crippen molar-refractivity contribution in [1.82, 2.24) is 0 Å². The molecule has 2 N–H and O–H groups in total. The van der Waals surface area contributed by atoms with Gasteiger partial charge in [-0.2, -0.15) is 0 Å².